The van der Waals surface area contributed by atoms with Gasteiger partial charge in [-0.05, 0) is 44.1 Å². The van der Waals surface area contributed by atoms with E-state index >= 15 is 0 Å². The predicted octanol–water partition coefficient (Wildman–Crippen LogP) is 2.96. The van der Waals surface area contributed by atoms with Gasteiger partial charge in [-0.3, -0.25) is 4.79 Å². The van der Waals surface area contributed by atoms with Crippen LogP contribution < -0.4 is 5.32 Å². The number of rotatable bonds is 5. The first-order chi connectivity index (χ1) is 10.2. The second-order valence-corrected chi connectivity index (χ2v) is 6.57. The summed E-state index contributed by atoms with van der Waals surface area (Å²) in [5, 5.41) is 3.65. The highest BCUT2D eigenvalue weighted by Crippen LogP contribution is 2.33. The molecule has 2 saturated heterocycles. The minimum Gasteiger partial charge on any atom is -0.339 e. The minimum atomic E-state index is 0.327. The molecule has 1 amide bonds. The Morgan fingerprint density at radius 3 is 2.48 bits per heavy atom. The molecule has 2 aliphatic rings. The van der Waals surface area contributed by atoms with Crippen molar-refractivity contribution in [2.45, 2.75) is 57.7 Å². The Bertz CT molecular complexity index is 461. The van der Waals surface area contributed by atoms with E-state index < -0.39 is 0 Å². The topological polar surface area (TPSA) is 32.3 Å². The van der Waals surface area contributed by atoms with E-state index in [1.807, 2.05) is 23.1 Å². The standard InChI is InChI=1S/C18H26N2O/c1-2-20(13-14-6-4-3-5-7-14)18(21)12-15-10-16-8-9-17(11-15)19-16/h3-7,15-17,19H,2,8-13H2,1H3. The zero-order chi connectivity index (χ0) is 14.7. The molecule has 0 saturated carbocycles. The Morgan fingerprint density at radius 1 is 1.19 bits per heavy atom. The molecule has 2 aliphatic heterocycles. The zero-order valence-corrected chi connectivity index (χ0v) is 12.9. The van der Waals surface area contributed by atoms with Crippen LogP contribution in [0.1, 0.15) is 44.6 Å². The predicted molar refractivity (Wildman–Crippen MR) is 84.8 cm³/mol. The van der Waals surface area contributed by atoms with Crippen LogP contribution in [-0.4, -0.2) is 29.4 Å². The quantitative estimate of drug-likeness (QED) is 0.902. The summed E-state index contributed by atoms with van der Waals surface area (Å²) in [6, 6.07) is 11.6. The number of benzene rings is 1. The molecule has 0 radical (unpaired) electrons. The Labute approximate surface area is 127 Å². The highest BCUT2D eigenvalue weighted by molar-refractivity contribution is 5.76. The van der Waals surface area contributed by atoms with Crippen molar-refractivity contribution >= 4 is 5.91 Å². The summed E-state index contributed by atoms with van der Waals surface area (Å²) in [5.74, 6) is 0.911. The van der Waals surface area contributed by atoms with Gasteiger partial charge in [0.05, 0.1) is 0 Å². The second-order valence-electron chi connectivity index (χ2n) is 6.57. The average molecular weight is 286 g/mol. The van der Waals surface area contributed by atoms with Gasteiger partial charge in [-0.2, -0.15) is 0 Å². The summed E-state index contributed by atoms with van der Waals surface area (Å²) >= 11 is 0. The lowest BCUT2D eigenvalue weighted by Gasteiger charge is -2.30. The normalized spacial score (nSPS) is 27.6. The first-order valence-electron chi connectivity index (χ1n) is 8.32. The molecule has 3 heteroatoms. The van der Waals surface area contributed by atoms with Gasteiger partial charge in [0.1, 0.15) is 0 Å². The van der Waals surface area contributed by atoms with E-state index in [9.17, 15) is 4.79 Å². The Hall–Kier alpha value is -1.35. The van der Waals surface area contributed by atoms with Crippen LogP contribution in [0.15, 0.2) is 30.3 Å². The molecule has 2 unspecified atom stereocenters. The van der Waals surface area contributed by atoms with Gasteiger partial charge < -0.3 is 10.2 Å². The maximum atomic E-state index is 12.6. The number of nitrogens with zero attached hydrogens (tertiary/aromatic N) is 1. The molecular weight excluding hydrogens is 260 g/mol. The van der Waals surface area contributed by atoms with Gasteiger partial charge in [-0.25, -0.2) is 0 Å². The van der Waals surface area contributed by atoms with Gasteiger partial charge in [0.25, 0.3) is 0 Å². The summed E-state index contributed by atoms with van der Waals surface area (Å²) in [7, 11) is 0. The van der Waals surface area contributed by atoms with E-state index in [4.69, 9.17) is 0 Å². The summed E-state index contributed by atoms with van der Waals surface area (Å²) in [6.07, 6.45) is 5.71. The van der Waals surface area contributed by atoms with Crippen molar-refractivity contribution in [3.8, 4) is 0 Å². The third kappa shape index (κ3) is 3.65. The lowest BCUT2D eigenvalue weighted by atomic mass is 9.89. The smallest absolute Gasteiger partial charge is 0.223 e. The fourth-order valence-corrected chi connectivity index (χ4v) is 3.90. The third-order valence-electron chi connectivity index (χ3n) is 4.98. The molecular formula is C18H26N2O. The molecule has 0 spiro atoms. The maximum Gasteiger partial charge on any atom is 0.223 e. The number of amides is 1. The van der Waals surface area contributed by atoms with E-state index in [1.165, 1.54) is 31.2 Å². The van der Waals surface area contributed by atoms with Crippen LogP contribution in [0.2, 0.25) is 0 Å². The highest BCUT2D eigenvalue weighted by atomic mass is 16.2. The summed E-state index contributed by atoms with van der Waals surface area (Å²) in [5.41, 5.74) is 1.22. The molecule has 2 heterocycles. The molecule has 3 nitrogen and oxygen atoms in total. The number of hydrogen-bond acceptors (Lipinski definition) is 2. The largest absolute Gasteiger partial charge is 0.339 e. The Kier molecular flexibility index (Phi) is 4.59. The summed E-state index contributed by atoms with van der Waals surface area (Å²) < 4.78 is 0. The number of carbonyl (C=O) groups is 1. The van der Waals surface area contributed by atoms with Crippen LogP contribution in [0.3, 0.4) is 0 Å². The third-order valence-corrected chi connectivity index (χ3v) is 4.98. The summed E-state index contributed by atoms with van der Waals surface area (Å²) in [6.45, 7) is 3.62. The molecule has 2 fully saturated rings. The molecule has 1 aromatic rings. The van der Waals surface area contributed by atoms with E-state index in [1.54, 1.807) is 0 Å². The molecule has 21 heavy (non-hydrogen) atoms. The molecule has 114 valence electrons. The van der Waals surface area contributed by atoms with Crippen molar-refractivity contribution in [1.29, 1.82) is 0 Å². The number of fused-ring (bicyclic) bond motifs is 2. The van der Waals surface area contributed by atoms with Crippen molar-refractivity contribution < 1.29 is 4.79 Å². The molecule has 0 aromatic heterocycles. The van der Waals surface area contributed by atoms with Crippen molar-refractivity contribution in [2.24, 2.45) is 5.92 Å². The molecule has 2 atom stereocenters. The Balaban J connectivity index is 1.55. The average Bonchev–Trinajstić information content (AvgIpc) is 2.84. The number of carbonyl (C=O) groups excluding carboxylic acids is 1. The van der Waals surface area contributed by atoms with Gasteiger partial charge in [-0.15, -0.1) is 0 Å². The van der Waals surface area contributed by atoms with E-state index in [-0.39, 0.29) is 0 Å². The number of hydrogen-bond donors (Lipinski definition) is 1. The first kappa shape index (κ1) is 14.6. The molecule has 0 aliphatic carbocycles. The zero-order valence-electron chi connectivity index (χ0n) is 12.9. The molecule has 1 N–H and O–H groups in total. The van der Waals surface area contributed by atoms with Crippen LogP contribution in [0.4, 0.5) is 0 Å². The minimum absolute atomic E-state index is 0.327. The monoisotopic (exact) mass is 286 g/mol. The fourth-order valence-electron chi connectivity index (χ4n) is 3.90. The van der Waals surface area contributed by atoms with E-state index in [0.717, 1.165) is 19.5 Å². The highest BCUT2D eigenvalue weighted by Gasteiger charge is 2.34. The van der Waals surface area contributed by atoms with Crippen molar-refractivity contribution in [1.82, 2.24) is 10.2 Å². The van der Waals surface area contributed by atoms with Crippen molar-refractivity contribution in [3.05, 3.63) is 35.9 Å². The molecule has 1 aromatic carbocycles. The van der Waals surface area contributed by atoms with Crippen LogP contribution in [0, 0.1) is 5.92 Å². The summed E-state index contributed by atoms with van der Waals surface area (Å²) in [4.78, 5) is 14.6. The van der Waals surface area contributed by atoms with Gasteiger partial charge in [-0.1, -0.05) is 30.3 Å². The number of piperidine rings is 1. The maximum absolute atomic E-state index is 12.6. The SMILES string of the molecule is CCN(Cc1ccccc1)C(=O)CC1CC2CCC(C1)N2. The Morgan fingerprint density at radius 2 is 1.86 bits per heavy atom. The van der Waals surface area contributed by atoms with Crippen molar-refractivity contribution in [2.75, 3.05) is 6.54 Å². The van der Waals surface area contributed by atoms with Gasteiger partial charge in [0.2, 0.25) is 5.91 Å². The second kappa shape index (κ2) is 6.61. The van der Waals surface area contributed by atoms with Crippen LogP contribution >= 0.6 is 0 Å². The first-order valence-corrected chi connectivity index (χ1v) is 8.32. The number of nitrogens with one attached hydrogen (secondary N) is 1. The molecule has 3 rings (SSSR count). The van der Waals surface area contributed by atoms with Crippen molar-refractivity contribution in [3.63, 3.8) is 0 Å². The van der Waals surface area contributed by atoms with E-state index in [0.29, 0.717) is 23.9 Å². The van der Waals surface area contributed by atoms with Crippen LogP contribution in [0.25, 0.3) is 0 Å². The molecule has 2 bridgehead atoms. The van der Waals surface area contributed by atoms with Crippen LogP contribution in [-0.2, 0) is 11.3 Å². The lowest BCUT2D eigenvalue weighted by Crippen LogP contribution is -2.40. The fraction of sp³-hybridized carbons (Fsp3) is 0.611. The van der Waals surface area contributed by atoms with Gasteiger partial charge >= 0.3 is 0 Å². The van der Waals surface area contributed by atoms with Gasteiger partial charge in [0, 0.05) is 31.6 Å². The van der Waals surface area contributed by atoms with Crippen LogP contribution in [0.5, 0.6) is 0 Å². The van der Waals surface area contributed by atoms with Gasteiger partial charge in [0.15, 0.2) is 0 Å². The van der Waals surface area contributed by atoms with E-state index in [2.05, 4.69) is 24.4 Å². The lowest BCUT2D eigenvalue weighted by molar-refractivity contribution is -0.132.